The molecular formula is C16H16ClFN4O. The average molecular weight is 335 g/mol. The van der Waals surface area contributed by atoms with Crippen LogP contribution in [0.1, 0.15) is 5.56 Å². The lowest BCUT2D eigenvalue weighted by molar-refractivity contribution is 0.122. The first-order valence-electron chi connectivity index (χ1n) is 7.64. The maximum atomic E-state index is 13.5. The second-order valence-electron chi connectivity index (χ2n) is 5.60. The quantitative estimate of drug-likeness (QED) is 0.790. The molecule has 23 heavy (non-hydrogen) atoms. The molecule has 2 aromatic rings. The fraction of sp³-hybridized carbons (Fsp3) is 0.375. The molecule has 0 saturated carbocycles. The van der Waals surface area contributed by atoms with E-state index in [0.717, 1.165) is 43.1 Å². The van der Waals surface area contributed by atoms with Crippen LogP contribution in [0.4, 0.5) is 21.8 Å². The Kier molecular flexibility index (Phi) is 3.79. The molecular weight excluding hydrogens is 319 g/mol. The zero-order valence-corrected chi connectivity index (χ0v) is 13.3. The average Bonchev–Trinajstić information content (AvgIpc) is 3.00. The van der Waals surface area contributed by atoms with E-state index in [2.05, 4.69) is 9.88 Å². The highest BCUT2D eigenvalue weighted by atomic mass is 35.5. The molecule has 0 bridgehead atoms. The molecule has 0 unspecified atom stereocenters. The van der Waals surface area contributed by atoms with Crippen molar-refractivity contribution in [1.29, 1.82) is 0 Å². The van der Waals surface area contributed by atoms with E-state index in [1.807, 2.05) is 11.0 Å². The van der Waals surface area contributed by atoms with Crippen LogP contribution in [-0.4, -0.2) is 42.8 Å². The van der Waals surface area contributed by atoms with Crippen molar-refractivity contribution in [1.82, 2.24) is 9.97 Å². The van der Waals surface area contributed by atoms with E-state index in [1.165, 1.54) is 12.1 Å². The summed E-state index contributed by atoms with van der Waals surface area (Å²) in [6, 6.07) is 6.53. The number of fused-ring (bicyclic) bond motifs is 1. The molecule has 7 heteroatoms. The van der Waals surface area contributed by atoms with Gasteiger partial charge in [0.1, 0.15) is 16.8 Å². The second-order valence-corrected chi connectivity index (χ2v) is 5.96. The first kappa shape index (κ1) is 14.7. The van der Waals surface area contributed by atoms with Gasteiger partial charge in [-0.05, 0) is 24.6 Å². The maximum absolute atomic E-state index is 13.5. The number of nitrogens with zero attached hydrogens (tertiary/aromatic N) is 4. The molecule has 3 heterocycles. The number of hydrogen-bond acceptors (Lipinski definition) is 5. The van der Waals surface area contributed by atoms with E-state index >= 15 is 0 Å². The Morgan fingerprint density at radius 3 is 2.74 bits per heavy atom. The molecule has 5 nitrogen and oxygen atoms in total. The lowest BCUT2D eigenvalue weighted by Crippen LogP contribution is -2.37. The zero-order chi connectivity index (χ0) is 15.8. The van der Waals surface area contributed by atoms with Crippen LogP contribution in [0, 0.1) is 5.82 Å². The number of anilines is 3. The molecule has 1 aromatic carbocycles. The summed E-state index contributed by atoms with van der Waals surface area (Å²) in [6.45, 7) is 3.53. The molecule has 2 aliphatic rings. The van der Waals surface area contributed by atoms with Gasteiger partial charge in [-0.3, -0.25) is 0 Å². The minimum atomic E-state index is -0.260. The Labute approximate surface area is 138 Å². The highest BCUT2D eigenvalue weighted by Gasteiger charge is 2.28. The van der Waals surface area contributed by atoms with Crippen LogP contribution in [0.15, 0.2) is 24.3 Å². The lowest BCUT2D eigenvalue weighted by atomic mass is 10.3. The third kappa shape index (κ3) is 2.72. The predicted octanol–water partition coefficient (Wildman–Crippen LogP) is 2.80. The smallest absolute Gasteiger partial charge is 0.228 e. The standard InChI is InChI=1S/C16H16ClFN4O/c17-14-13-4-5-22(12-3-1-2-11(18)10-12)15(13)20-16(19-14)21-6-8-23-9-7-21/h1-3,10H,4-9H2. The van der Waals surface area contributed by atoms with Crippen LogP contribution in [0.25, 0.3) is 0 Å². The molecule has 120 valence electrons. The summed E-state index contributed by atoms with van der Waals surface area (Å²) >= 11 is 6.37. The van der Waals surface area contributed by atoms with Gasteiger partial charge in [-0.15, -0.1) is 0 Å². The van der Waals surface area contributed by atoms with E-state index in [1.54, 1.807) is 6.07 Å². The summed E-state index contributed by atoms with van der Waals surface area (Å²) in [5.74, 6) is 1.13. The normalized spacial score (nSPS) is 17.5. The summed E-state index contributed by atoms with van der Waals surface area (Å²) in [5.41, 5.74) is 1.71. The van der Waals surface area contributed by atoms with Gasteiger partial charge in [0.05, 0.1) is 13.2 Å². The summed E-state index contributed by atoms with van der Waals surface area (Å²) in [5, 5.41) is 0.482. The zero-order valence-electron chi connectivity index (χ0n) is 12.5. The van der Waals surface area contributed by atoms with Crippen LogP contribution in [0.3, 0.4) is 0 Å². The van der Waals surface area contributed by atoms with Crippen molar-refractivity contribution < 1.29 is 9.13 Å². The van der Waals surface area contributed by atoms with Gasteiger partial charge in [0.25, 0.3) is 0 Å². The number of hydrogen-bond donors (Lipinski definition) is 0. The van der Waals surface area contributed by atoms with Crippen LogP contribution >= 0.6 is 11.6 Å². The minimum Gasteiger partial charge on any atom is -0.378 e. The van der Waals surface area contributed by atoms with Gasteiger partial charge in [0.2, 0.25) is 5.95 Å². The van der Waals surface area contributed by atoms with E-state index < -0.39 is 0 Å². The summed E-state index contributed by atoms with van der Waals surface area (Å²) in [6.07, 6.45) is 0.758. The van der Waals surface area contributed by atoms with Crippen molar-refractivity contribution in [3.8, 4) is 0 Å². The summed E-state index contributed by atoms with van der Waals surface area (Å²) in [4.78, 5) is 13.2. The molecule has 0 amide bonds. The van der Waals surface area contributed by atoms with E-state index in [4.69, 9.17) is 21.3 Å². The molecule has 0 aliphatic carbocycles. The number of morpholine rings is 1. The van der Waals surface area contributed by atoms with Crippen LogP contribution < -0.4 is 9.80 Å². The first-order valence-corrected chi connectivity index (χ1v) is 8.02. The fourth-order valence-corrected chi connectivity index (χ4v) is 3.26. The number of aromatic nitrogens is 2. The molecule has 0 atom stereocenters. The third-order valence-electron chi connectivity index (χ3n) is 4.18. The summed E-state index contributed by atoms with van der Waals surface area (Å²) in [7, 11) is 0. The van der Waals surface area contributed by atoms with Crippen molar-refractivity contribution in [2.75, 3.05) is 42.6 Å². The van der Waals surface area contributed by atoms with E-state index in [9.17, 15) is 4.39 Å². The molecule has 0 radical (unpaired) electrons. The molecule has 1 fully saturated rings. The predicted molar refractivity (Wildman–Crippen MR) is 87.2 cm³/mol. The minimum absolute atomic E-state index is 0.260. The number of benzene rings is 1. The molecule has 0 spiro atoms. The molecule has 1 saturated heterocycles. The molecule has 4 rings (SSSR count). The van der Waals surface area contributed by atoms with Gasteiger partial charge in [0.15, 0.2) is 0 Å². The number of ether oxygens (including phenoxy) is 1. The lowest BCUT2D eigenvalue weighted by Gasteiger charge is -2.28. The van der Waals surface area contributed by atoms with E-state index in [0.29, 0.717) is 24.3 Å². The largest absolute Gasteiger partial charge is 0.378 e. The van der Waals surface area contributed by atoms with Gasteiger partial charge in [-0.25, -0.2) is 9.37 Å². The fourth-order valence-electron chi connectivity index (χ4n) is 3.00. The van der Waals surface area contributed by atoms with Crippen molar-refractivity contribution in [2.45, 2.75) is 6.42 Å². The van der Waals surface area contributed by atoms with Crippen LogP contribution in [0.5, 0.6) is 0 Å². The van der Waals surface area contributed by atoms with Crippen molar-refractivity contribution >= 4 is 29.1 Å². The Bertz CT molecular complexity index is 736. The van der Waals surface area contributed by atoms with Gasteiger partial charge < -0.3 is 14.5 Å². The first-order chi connectivity index (χ1) is 11.2. The molecule has 1 aromatic heterocycles. The Morgan fingerprint density at radius 1 is 1.13 bits per heavy atom. The monoisotopic (exact) mass is 334 g/mol. The Morgan fingerprint density at radius 2 is 1.96 bits per heavy atom. The van der Waals surface area contributed by atoms with Crippen molar-refractivity contribution in [3.63, 3.8) is 0 Å². The highest BCUT2D eigenvalue weighted by molar-refractivity contribution is 6.30. The van der Waals surface area contributed by atoms with Gasteiger partial charge in [-0.2, -0.15) is 4.98 Å². The van der Waals surface area contributed by atoms with Crippen molar-refractivity contribution in [3.05, 3.63) is 40.8 Å². The van der Waals surface area contributed by atoms with E-state index in [-0.39, 0.29) is 5.82 Å². The van der Waals surface area contributed by atoms with Gasteiger partial charge in [0, 0.05) is 30.9 Å². The topological polar surface area (TPSA) is 41.5 Å². The SMILES string of the molecule is Fc1cccc(N2CCc3c(Cl)nc(N4CCOCC4)nc32)c1. The molecule has 2 aliphatic heterocycles. The maximum Gasteiger partial charge on any atom is 0.228 e. The second kappa shape index (κ2) is 5.94. The third-order valence-corrected chi connectivity index (χ3v) is 4.49. The highest BCUT2D eigenvalue weighted by Crippen LogP contribution is 2.37. The number of halogens is 2. The summed E-state index contributed by atoms with van der Waals surface area (Å²) < 4.78 is 18.9. The van der Waals surface area contributed by atoms with Crippen molar-refractivity contribution in [2.24, 2.45) is 0 Å². The Hall–Kier alpha value is -1.92. The van der Waals surface area contributed by atoms with Crippen LogP contribution in [-0.2, 0) is 11.2 Å². The van der Waals surface area contributed by atoms with Gasteiger partial charge >= 0.3 is 0 Å². The number of rotatable bonds is 2. The Balaban J connectivity index is 1.73. The van der Waals surface area contributed by atoms with Crippen LogP contribution in [0.2, 0.25) is 5.15 Å². The van der Waals surface area contributed by atoms with Gasteiger partial charge in [-0.1, -0.05) is 17.7 Å². The molecule has 0 N–H and O–H groups in total.